The molecule has 4 heterocycles. The number of hydrogen-bond acceptors (Lipinski definition) is 6. The Labute approximate surface area is 263 Å². The molecule has 45 heavy (non-hydrogen) atoms. The molecule has 0 aliphatic carbocycles. The highest BCUT2D eigenvalue weighted by atomic mass is 16.5. The summed E-state index contributed by atoms with van der Waals surface area (Å²) in [5, 5.41) is 0. The molecule has 0 amide bonds. The van der Waals surface area contributed by atoms with Crippen LogP contribution in [0.5, 0.6) is 0 Å². The van der Waals surface area contributed by atoms with E-state index in [2.05, 4.69) is 9.97 Å². The van der Waals surface area contributed by atoms with E-state index in [4.69, 9.17) is 10.5 Å². The van der Waals surface area contributed by atoms with Crippen LogP contribution in [-0.2, 0) is 17.7 Å². The zero-order valence-corrected chi connectivity index (χ0v) is 26.0. The van der Waals surface area contributed by atoms with Gasteiger partial charge in [-0.2, -0.15) is 0 Å². The van der Waals surface area contributed by atoms with Gasteiger partial charge in [-0.3, -0.25) is 14.6 Å². The zero-order chi connectivity index (χ0) is 31.5. The summed E-state index contributed by atoms with van der Waals surface area (Å²) in [6.45, 7) is 8.19. The monoisotopic (exact) mass is 598 g/mol. The standard InChI is InChI=1S/C38H38N4O3/c1-24-4-8-30(9-5-24)34-22-42(21-28-12-14-45-15-13-28)23-35(37(34)44)36(43)18-27-6-10-29(11-7-27)33-19-32(20-40-38(33)39)31-16-25(2)41-26(3)17-31/h4-11,16-17,19-20,22-23,28H,12-15,18,21H2,1-3H3,(H2,39,40). The van der Waals surface area contributed by atoms with Crippen molar-refractivity contribution in [3.8, 4) is 33.4 Å². The Bertz CT molecular complexity index is 1880. The van der Waals surface area contributed by atoms with E-state index >= 15 is 0 Å². The van der Waals surface area contributed by atoms with Crippen LogP contribution in [0.15, 0.2) is 90.1 Å². The number of nitrogens with two attached hydrogens (primary N) is 1. The number of Topliss-reactive ketones (excluding diaryl/α,β-unsaturated/α-hetero) is 1. The molecule has 0 unspecified atom stereocenters. The number of carbonyl (C=O) groups is 1. The fraction of sp³-hybridized carbons (Fsp3) is 0.263. The van der Waals surface area contributed by atoms with Gasteiger partial charge in [0.25, 0.3) is 0 Å². The molecule has 0 radical (unpaired) electrons. The Hall–Kier alpha value is -4.88. The number of benzene rings is 2. The second-order valence-electron chi connectivity index (χ2n) is 12.1. The lowest BCUT2D eigenvalue weighted by Gasteiger charge is -2.23. The Kier molecular flexibility index (Phi) is 8.71. The molecule has 5 aromatic rings. The van der Waals surface area contributed by atoms with Crippen LogP contribution in [0.25, 0.3) is 33.4 Å². The molecule has 6 rings (SSSR count). The van der Waals surface area contributed by atoms with Crippen LogP contribution in [-0.4, -0.2) is 33.5 Å². The number of aromatic nitrogens is 3. The largest absolute Gasteiger partial charge is 0.383 e. The third-order valence-electron chi connectivity index (χ3n) is 8.51. The topological polar surface area (TPSA) is 100 Å². The van der Waals surface area contributed by atoms with E-state index in [1.54, 1.807) is 12.4 Å². The van der Waals surface area contributed by atoms with E-state index in [-0.39, 0.29) is 23.2 Å². The second kappa shape index (κ2) is 13.0. The highest BCUT2D eigenvalue weighted by molar-refractivity contribution is 5.98. The number of ether oxygens (including phenoxy) is 1. The van der Waals surface area contributed by atoms with Gasteiger partial charge >= 0.3 is 0 Å². The Morgan fingerprint density at radius 1 is 0.844 bits per heavy atom. The fourth-order valence-corrected chi connectivity index (χ4v) is 6.05. The first-order valence-corrected chi connectivity index (χ1v) is 15.5. The van der Waals surface area contributed by atoms with E-state index in [0.29, 0.717) is 17.3 Å². The van der Waals surface area contributed by atoms with E-state index in [1.807, 2.05) is 98.3 Å². The zero-order valence-electron chi connectivity index (χ0n) is 26.0. The third-order valence-corrected chi connectivity index (χ3v) is 8.51. The van der Waals surface area contributed by atoms with Crippen molar-refractivity contribution in [2.75, 3.05) is 18.9 Å². The normalized spacial score (nSPS) is 13.6. The maximum atomic E-state index is 13.7. The van der Waals surface area contributed by atoms with Crippen LogP contribution in [0.4, 0.5) is 5.82 Å². The Morgan fingerprint density at radius 3 is 2.18 bits per heavy atom. The van der Waals surface area contributed by atoms with Gasteiger partial charge in [0.05, 0.1) is 5.56 Å². The van der Waals surface area contributed by atoms with Gasteiger partial charge in [-0.05, 0) is 80.0 Å². The highest BCUT2D eigenvalue weighted by Crippen LogP contribution is 2.30. The molecular weight excluding hydrogens is 560 g/mol. The van der Waals surface area contributed by atoms with Gasteiger partial charge in [0, 0.05) is 72.8 Å². The van der Waals surface area contributed by atoms with E-state index in [9.17, 15) is 9.59 Å². The molecule has 1 aliphatic rings. The van der Waals surface area contributed by atoms with Gasteiger partial charge in [0.1, 0.15) is 5.82 Å². The summed E-state index contributed by atoms with van der Waals surface area (Å²) in [5.74, 6) is 0.673. The summed E-state index contributed by atoms with van der Waals surface area (Å²) in [6.07, 6.45) is 7.47. The minimum Gasteiger partial charge on any atom is -0.383 e. The molecule has 7 nitrogen and oxygen atoms in total. The lowest BCUT2D eigenvalue weighted by Crippen LogP contribution is -2.25. The number of pyridine rings is 3. The van der Waals surface area contributed by atoms with Crippen LogP contribution in [0, 0.1) is 26.7 Å². The number of nitrogens with zero attached hydrogens (tertiary/aromatic N) is 3. The minimum atomic E-state index is -0.235. The molecule has 2 aromatic carbocycles. The SMILES string of the molecule is Cc1ccc(-c2cn(CC3CCOCC3)cc(C(=O)Cc3ccc(-c4cc(-c5cc(C)nc(C)c5)cnc4N)cc3)c2=O)cc1. The average molecular weight is 599 g/mol. The molecular formula is C38H38N4O3. The molecule has 228 valence electrons. The first kappa shape index (κ1) is 30.2. The molecule has 2 N–H and O–H groups in total. The summed E-state index contributed by atoms with van der Waals surface area (Å²) < 4.78 is 7.57. The highest BCUT2D eigenvalue weighted by Gasteiger charge is 2.20. The number of anilines is 1. The lowest BCUT2D eigenvalue weighted by molar-refractivity contribution is 0.0612. The number of ketones is 1. The molecule has 0 bridgehead atoms. The quantitative estimate of drug-likeness (QED) is 0.193. The second-order valence-corrected chi connectivity index (χ2v) is 12.1. The van der Waals surface area contributed by atoms with Crippen molar-refractivity contribution >= 4 is 11.6 Å². The van der Waals surface area contributed by atoms with Crippen LogP contribution >= 0.6 is 0 Å². The maximum Gasteiger partial charge on any atom is 0.200 e. The molecule has 1 aliphatic heterocycles. The number of carbonyl (C=O) groups excluding carboxylic acids is 1. The summed E-state index contributed by atoms with van der Waals surface area (Å²) in [4.78, 5) is 36.4. The molecule has 0 saturated carbocycles. The van der Waals surface area contributed by atoms with Crippen molar-refractivity contribution in [3.05, 3.63) is 124 Å². The van der Waals surface area contributed by atoms with Crippen LogP contribution in [0.1, 0.15) is 45.7 Å². The smallest absolute Gasteiger partial charge is 0.200 e. The van der Waals surface area contributed by atoms with Crippen LogP contribution in [0.3, 0.4) is 0 Å². The predicted octanol–water partition coefficient (Wildman–Crippen LogP) is 7.00. The van der Waals surface area contributed by atoms with Crippen molar-refractivity contribution in [3.63, 3.8) is 0 Å². The van der Waals surface area contributed by atoms with Crippen molar-refractivity contribution in [2.24, 2.45) is 5.92 Å². The van der Waals surface area contributed by atoms with Gasteiger partial charge in [0.15, 0.2) is 11.2 Å². The predicted molar refractivity (Wildman–Crippen MR) is 179 cm³/mol. The van der Waals surface area contributed by atoms with Crippen LogP contribution in [0.2, 0.25) is 0 Å². The molecule has 0 spiro atoms. The summed E-state index contributed by atoms with van der Waals surface area (Å²) in [6, 6.07) is 21.7. The summed E-state index contributed by atoms with van der Waals surface area (Å²) >= 11 is 0. The maximum absolute atomic E-state index is 13.7. The molecule has 1 fully saturated rings. The summed E-state index contributed by atoms with van der Waals surface area (Å²) in [5.41, 5.74) is 15.2. The third kappa shape index (κ3) is 6.94. The van der Waals surface area contributed by atoms with Gasteiger partial charge in [-0.1, -0.05) is 54.1 Å². The Morgan fingerprint density at radius 2 is 1.49 bits per heavy atom. The van der Waals surface area contributed by atoms with Gasteiger partial charge in [-0.25, -0.2) is 4.98 Å². The van der Waals surface area contributed by atoms with Crippen molar-refractivity contribution in [1.82, 2.24) is 14.5 Å². The van der Waals surface area contributed by atoms with Crippen molar-refractivity contribution in [2.45, 2.75) is 46.6 Å². The lowest BCUT2D eigenvalue weighted by atomic mass is 9.96. The average Bonchev–Trinajstić information content (AvgIpc) is 3.03. The number of aryl methyl sites for hydroxylation is 3. The van der Waals surface area contributed by atoms with Crippen molar-refractivity contribution in [1.29, 1.82) is 0 Å². The van der Waals surface area contributed by atoms with E-state index in [0.717, 1.165) is 82.9 Å². The minimum absolute atomic E-state index is 0.119. The van der Waals surface area contributed by atoms with Crippen molar-refractivity contribution < 1.29 is 9.53 Å². The van der Waals surface area contributed by atoms with E-state index < -0.39 is 0 Å². The van der Waals surface area contributed by atoms with Gasteiger partial charge < -0.3 is 15.0 Å². The van der Waals surface area contributed by atoms with Gasteiger partial charge in [0.2, 0.25) is 0 Å². The fourth-order valence-electron chi connectivity index (χ4n) is 6.05. The Balaban J connectivity index is 1.27. The molecule has 0 atom stereocenters. The van der Waals surface area contributed by atoms with Crippen LogP contribution < -0.4 is 11.2 Å². The number of nitrogen functional groups attached to an aromatic ring is 1. The first-order chi connectivity index (χ1) is 21.7. The molecule has 1 saturated heterocycles. The number of hydrogen-bond donors (Lipinski definition) is 1. The number of rotatable bonds is 8. The van der Waals surface area contributed by atoms with E-state index in [1.165, 1.54) is 0 Å². The summed E-state index contributed by atoms with van der Waals surface area (Å²) in [7, 11) is 0. The first-order valence-electron chi connectivity index (χ1n) is 15.5. The molecule has 3 aromatic heterocycles. The van der Waals surface area contributed by atoms with Gasteiger partial charge in [-0.15, -0.1) is 0 Å². The molecule has 7 heteroatoms.